The number of aromatic nitrogens is 1. The van der Waals surface area contributed by atoms with Crippen LogP contribution in [0.2, 0.25) is 0 Å². The fraction of sp³-hybridized carbons (Fsp3) is 0.167. The summed E-state index contributed by atoms with van der Waals surface area (Å²) in [6.45, 7) is 0.198. The Balaban J connectivity index is 2.15. The number of nitrogens with one attached hydrogen (secondary N) is 1. The highest BCUT2D eigenvalue weighted by Crippen LogP contribution is 2.28. The van der Waals surface area contributed by atoms with Crippen LogP contribution in [0, 0.1) is 0 Å². The third kappa shape index (κ3) is 1.23. The molecule has 4 heteroatoms. The van der Waals surface area contributed by atoms with E-state index in [1.807, 2.05) is 30.5 Å². The highest BCUT2D eigenvalue weighted by atomic mass is 16.2. The first kappa shape index (κ1) is 9.15. The molecule has 1 fully saturated rings. The molecule has 80 valence electrons. The van der Waals surface area contributed by atoms with Gasteiger partial charge in [0.25, 0.3) is 0 Å². The van der Waals surface area contributed by atoms with Crippen molar-refractivity contribution in [2.75, 3.05) is 11.4 Å². The molecule has 16 heavy (non-hydrogen) atoms. The molecule has 3 rings (SSSR count). The van der Waals surface area contributed by atoms with Crippen LogP contribution in [0.15, 0.2) is 30.5 Å². The summed E-state index contributed by atoms with van der Waals surface area (Å²) in [4.78, 5) is 27.5. The number of ketones is 1. The van der Waals surface area contributed by atoms with Gasteiger partial charge in [-0.25, -0.2) is 0 Å². The van der Waals surface area contributed by atoms with Crippen molar-refractivity contribution in [3.8, 4) is 0 Å². The molecular weight excluding hydrogens is 204 g/mol. The van der Waals surface area contributed by atoms with E-state index in [1.165, 1.54) is 0 Å². The number of hydrogen-bond donors (Lipinski definition) is 1. The zero-order valence-electron chi connectivity index (χ0n) is 8.56. The monoisotopic (exact) mass is 214 g/mol. The molecule has 0 unspecified atom stereocenters. The standard InChI is InChI=1S/C12H10N2O2/c15-8-6-12(16)14(7-8)11-3-1-2-10-9(11)4-5-13-10/h1-5,13H,6-7H2. The molecule has 1 aromatic heterocycles. The van der Waals surface area contributed by atoms with Crippen molar-refractivity contribution >= 4 is 28.3 Å². The van der Waals surface area contributed by atoms with Gasteiger partial charge in [-0.15, -0.1) is 0 Å². The molecule has 2 aromatic rings. The summed E-state index contributed by atoms with van der Waals surface area (Å²) in [5.41, 5.74) is 1.79. The van der Waals surface area contributed by atoms with Crippen molar-refractivity contribution in [2.24, 2.45) is 0 Å². The van der Waals surface area contributed by atoms with Crippen molar-refractivity contribution in [2.45, 2.75) is 6.42 Å². The van der Waals surface area contributed by atoms with Gasteiger partial charge < -0.3 is 9.88 Å². The van der Waals surface area contributed by atoms with Crippen LogP contribution >= 0.6 is 0 Å². The minimum absolute atomic E-state index is 0.0162. The number of fused-ring (bicyclic) bond motifs is 1. The largest absolute Gasteiger partial charge is 0.361 e. The molecule has 1 aromatic carbocycles. The lowest BCUT2D eigenvalue weighted by Crippen LogP contribution is -2.24. The van der Waals surface area contributed by atoms with E-state index in [4.69, 9.17) is 0 Å². The molecule has 1 saturated heterocycles. The van der Waals surface area contributed by atoms with Gasteiger partial charge in [0, 0.05) is 17.1 Å². The van der Waals surface area contributed by atoms with E-state index >= 15 is 0 Å². The predicted octanol–water partition coefficient (Wildman–Crippen LogP) is 1.47. The van der Waals surface area contributed by atoms with Crippen LogP contribution < -0.4 is 4.90 Å². The van der Waals surface area contributed by atoms with E-state index in [2.05, 4.69) is 4.98 Å². The van der Waals surface area contributed by atoms with E-state index in [9.17, 15) is 9.59 Å². The van der Waals surface area contributed by atoms with Crippen molar-refractivity contribution in [3.05, 3.63) is 30.5 Å². The number of H-pyrrole nitrogens is 1. The minimum atomic E-state index is -0.112. The van der Waals surface area contributed by atoms with Crippen molar-refractivity contribution < 1.29 is 9.59 Å². The zero-order valence-corrected chi connectivity index (χ0v) is 8.56. The number of amides is 1. The molecule has 2 heterocycles. The van der Waals surface area contributed by atoms with Crippen molar-refractivity contribution in [3.63, 3.8) is 0 Å². The molecular formula is C12H10N2O2. The normalized spacial score (nSPS) is 16.4. The fourth-order valence-corrected chi connectivity index (χ4v) is 2.11. The van der Waals surface area contributed by atoms with Crippen LogP contribution in [-0.2, 0) is 9.59 Å². The smallest absolute Gasteiger partial charge is 0.234 e. The summed E-state index contributed by atoms with van der Waals surface area (Å²) in [6, 6.07) is 7.61. The van der Waals surface area contributed by atoms with Gasteiger partial charge in [0.2, 0.25) is 5.91 Å². The summed E-state index contributed by atoms with van der Waals surface area (Å²) < 4.78 is 0. The molecule has 0 bridgehead atoms. The molecule has 1 amide bonds. The maximum Gasteiger partial charge on any atom is 0.234 e. The number of anilines is 1. The average molecular weight is 214 g/mol. The summed E-state index contributed by atoms with van der Waals surface area (Å²) >= 11 is 0. The van der Waals surface area contributed by atoms with Gasteiger partial charge in [-0.1, -0.05) is 6.07 Å². The number of Topliss-reactive ketones (excluding diaryl/α,β-unsaturated/α-hetero) is 1. The van der Waals surface area contributed by atoms with E-state index in [1.54, 1.807) is 4.90 Å². The zero-order chi connectivity index (χ0) is 11.1. The number of carbonyl (C=O) groups excluding carboxylic acids is 2. The van der Waals surface area contributed by atoms with E-state index in [0.717, 1.165) is 16.6 Å². The molecule has 0 aliphatic carbocycles. The van der Waals surface area contributed by atoms with E-state index in [0.29, 0.717) is 0 Å². The Morgan fingerprint density at radius 3 is 2.81 bits per heavy atom. The van der Waals surface area contributed by atoms with Crippen LogP contribution in [0.4, 0.5) is 5.69 Å². The van der Waals surface area contributed by atoms with Crippen LogP contribution in [-0.4, -0.2) is 23.2 Å². The topological polar surface area (TPSA) is 53.2 Å². The summed E-state index contributed by atoms with van der Waals surface area (Å²) in [7, 11) is 0. The van der Waals surface area contributed by atoms with Crippen LogP contribution in [0.1, 0.15) is 6.42 Å². The number of benzene rings is 1. The molecule has 1 aliphatic heterocycles. The number of nitrogens with zero attached hydrogens (tertiary/aromatic N) is 1. The molecule has 1 N–H and O–H groups in total. The average Bonchev–Trinajstić information content (AvgIpc) is 2.84. The second-order valence-corrected chi connectivity index (χ2v) is 3.91. The number of hydrogen-bond acceptors (Lipinski definition) is 2. The second-order valence-electron chi connectivity index (χ2n) is 3.91. The third-order valence-corrected chi connectivity index (χ3v) is 2.85. The maximum absolute atomic E-state index is 11.6. The highest BCUT2D eigenvalue weighted by molar-refractivity contribution is 6.17. The van der Waals surface area contributed by atoms with Crippen LogP contribution in [0.5, 0.6) is 0 Å². The number of rotatable bonds is 1. The van der Waals surface area contributed by atoms with Gasteiger partial charge in [0.1, 0.15) is 0 Å². The lowest BCUT2D eigenvalue weighted by Gasteiger charge is -2.15. The Hall–Kier alpha value is -2.10. The lowest BCUT2D eigenvalue weighted by atomic mass is 10.2. The Labute approximate surface area is 91.9 Å². The van der Waals surface area contributed by atoms with Gasteiger partial charge in [-0.05, 0) is 18.2 Å². The van der Waals surface area contributed by atoms with Gasteiger partial charge >= 0.3 is 0 Å². The molecule has 0 saturated carbocycles. The Bertz CT molecular complexity index is 585. The van der Waals surface area contributed by atoms with Gasteiger partial charge in [0.15, 0.2) is 5.78 Å². The summed E-state index contributed by atoms with van der Waals surface area (Å²) in [5, 5.41) is 0.977. The quantitative estimate of drug-likeness (QED) is 0.731. The minimum Gasteiger partial charge on any atom is -0.361 e. The Morgan fingerprint density at radius 1 is 1.19 bits per heavy atom. The van der Waals surface area contributed by atoms with Crippen LogP contribution in [0.3, 0.4) is 0 Å². The molecule has 0 atom stereocenters. The first-order valence-corrected chi connectivity index (χ1v) is 5.14. The molecule has 1 aliphatic rings. The van der Waals surface area contributed by atoms with Crippen molar-refractivity contribution in [1.29, 1.82) is 0 Å². The SMILES string of the molecule is O=C1CC(=O)N(c2cccc3[nH]ccc23)C1. The Morgan fingerprint density at radius 2 is 2.06 bits per heavy atom. The number of carbonyl (C=O) groups is 2. The first-order chi connectivity index (χ1) is 7.75. The summed E-state index contributed by atoms with van der Waals surface area (Å²) in [6.07, 6.45) is 1.86. The first-order valence-electron chi connectivity index (χ1n) is 5.14. The van der Waals surface area contributed by atoms with E-state index in [-0.39, 0.29) is 24.7 Å². The van der Waals surface area contributed by atoms with Crippen LogP contribution in [0.25, 0.3) is 10.9 Å². The maximum atomic E-state index is 11.6. The van der Waals surface area contributed by atoms with E-state index < -0.39 is 0 Å². The van der Waals surface area contributed by atoms with Gasteiger partial charge in [0.05, 0.1) is 18.7 Å². The molecule has 0 radical (unpaired) electrons. The molecule has 4 nitrogen and oxygen atoms in total. The predicted molar refractivity (Wildman–Crippen MR) is 60.3 cm³/mol. The lowest BCUT2D eigenvalue weighted by molar-refractivity contribution is -0.121. The Kier molecular flexibility index (Phi) is 1.83. The van der Waals surface area contributed by atoms with Gasteiger partial charge in [-0.2, -0.15) is 0 Å². The molecule has 0 spiro atoms. The second kappa shape index (κ2) is 3.20. The fourth-order valence-electron chi connectivity index (χ4n) is 2.11. The van der Waals surface area contributed by atoms with Crippen molar-refractivity contribution in [1.82, 2.24) is 4.98 Å². The third-order valence-electron chi connectivity index (χ3n) is 2.85. The summed E-state index contributed by atoms with van der Waals surface area (Å²) in [5.74, 6) is -0.128. The number of aromatic amines is 1. The highest BCUT2D eigenvalue weighted by Gasteiger charge is 2.29. The van der Waals surface area contributed by atoms with Gasteiger partial charge in [-0.3, -0.25) is 9.59 Å².